The van der Waals surface area contributed by atoms with Crippen molar-refractivity contribution in [2.75, 3.05) is 10.5 Å². The van der Waals surface area contributed by atoms with Gasteiger partial charge < -0.3 is 5.11 Å². The molecule has 0 unspecified atom stereocenters. The minimum Gasteiger partial charge on any atom is -0.508 e. The third kappa shape index (κ3) is 3.14. The molecule has 0 atom stereocenters. The average Bonchev–Trinajstić information content (AvgIpc) is 2.10. The number of rotatable bonds is 3. The summed E-state index contributed by atoms with van der Waals surface area (Å²) in [6.07, 6.45) is 0. The standard InChI is InChI=1S/C9H10N2O3S/c1-7-6-8(2-3-9(7)12)11-15(13,14)5-4-10/h2-3,6,11-12H,5H2,1H3. The van der Waals surface area contributed by atoms with Gasteiger partial charge in [-0.05, 0) is 30.7 Å². The van der Waals surface area contributed by atoms with Gasteiger partial charge in [-0.15, -0.1) is 0 Å². The summed E-state index contributed by atoms with van der Waals surface area (Å²) in [5, 5.41) is 17.5. The minimum atomic E-state index is -3.61. The minimum absolute atomic E-state index is 0.0956. The molecule has 5 nitrogen and oxygen atoms in total. The number of phenols is 1. The fourth-order valence-corrected chi connectivity index (χ4v) is 1.75. The van der Waals surface area contributed by atoms with Crippen LogP contribution in [0.4, 0.5) is 5.69 Å². The first kappa shape index (κ1) is 11.3. The van der Waals surface area contributed by atoms with E-state index in [0.717, 1.165) is 0 Å². The highest BCUT2D eigenvalue weighted by atomic mass is 32.2. The van der Waals surface area contributed by atoms with E-state index in [9.17, 15) is 13.5 Å². The van der Waals surface area contributed by atoms with Crippen molar-refractivity contribution in [2.24, 2.45) is 0 Å². The van der Waals surface area contributed by atoms with E-state index in [0.29, 0.717) is 11.3 Å². The lowest BCUT2D eigenvalue weighted by Crippen LogP contribution is -2.15. The van der Waals surface area contributed by atoms with E-state index >= 15 is 0 Å². The van der Waals surface area contributed by atoms with Gasteiger partial charge in [-0.3, -0.25) is 4.72 Å². The lowest BCUT2D eigenvalue weighted by atomic mass is 10.2. The maximum Gasteiger partial charge on any atom is 0.246 e. The number of nitriles is 1. The quantitative estimate of drug-likeness (QED) is 0.751. The maximum absolute atomic E-state index is 11.2. The first-order valence-electron chi connectivity index (χ1n) is 4.11. The van der Waals surface area contributed by atoms with Crippen LogP contribution in [0.25, 0.3) is 0 Å². The zero-order valence-electron chi connectivity index (χ0n) is 8.06. The van der Waals surface area contributed by atoms with Gasteiger partial charge in [0.2, 0.25) is 10.0 Å². The Morgan fingerprint density at radius 2 is 2.20 bits per heavy atom. The number of hydrogen-bond acceptors (Lipinski definition) is 4. The fourth-order valence-electron chi connectivity index (χ4n) is 1.02. The van der Waals surface area contributed by atoms with Gasteiger partial charge in [-0.1, -0.05) is 0 Å². The highest BCUT2D eigenvalue weighted by Crippen LogP contribution is 2.20. The van der Waals surface area contributed by atoms with Crippen molar-refractivity contribution in [3.05, 3.63) is 23.8 Å². The van der Waals surface area contributed by atoms with Gasteiger partial charge in [0.05, 0.1) is 6.07 Å². The van der Waals surface area contributed by atoms with Crippen LogP contribution < -0.4 is 4.72 Å². The topological polar surface area (TPSA) is 90.2 Å². The van der Waals surface area contributed by atoms with Crippen molar-refractivity contribution in [3.8, 4) is 11.8 Å². The number of benzene rings is 1. The second-order valence-electron chi connectivity index (χ2n) is 3.02. The number of sulfonamides is 1. The molecule has 1 aromatic rings. The maximum atomic E-state index is 11.2. The zero-order chi connectivity index (χ0) is 11.5. The van der Waals surface area contributed by atoms with Crippen molar-refractivity contribution in [3.63, 3.8) is 0 Å². The summed E-state index contributed by atoms with van der Waals surface area (Å²) in [6.45, 7) is 1.65. The van der Waals surface area contributed by atoms with E-state index in [1.54, 1.807) is 13.0 Å². The number of hydrogen-bond donors (Lipinski definition) is 2. The summed E-state index contributed by atoms with van der Waals surface area (Å²) < 4.78 is 24.6. The van der Waals surface area contributed by atoms with E-state index in [1.165, 1.54) is 18.2 Å². The number of aromatic hydroxyl groups is 1. The zero-order valence-corrected chi connectivity index (χ0v) is 8.87. The summed E-state index contributed by atoms with van der Waals surface area (Å²) >= 11 is 0. The molecule has 6 heteroatoms. The van der Waals surface area contributed by atoms with Crippen molar-refractivity contribution in [2.45, 2.75) is 6.92 Å². The molecule has 1 rings (SSSR count). The predicted octanol–water partition coefficient (Wildman–Crippen LogP) is 0.966. The molecular weight excluding hydrogens is 216 g/mol. The van der Waals surface area contributed by atoms with E-state index in [4.69, 9.17) is 5.26 Å². The van der Waals surface area contributed by atoms with Crippen molar-refractivity contribution < 1.29 is 13.5 Å². The summed E-state index contributed by atoms with van der Waals surface area (Å²) in [5.41, 5.74) is 0.896. The van der Waals surface area contributed by atoms with Gasteiger partial charge in [0.1, 0.15) is 5.75 Å². The van der Waals surface area contributed by atoms with Gasteiger partial charge >= 0.3 is 0 Å². The molecule has 0 amide bonds. The molecule has 0 heterocycles. The van der Waals surface area contributed by atoms with Crippen LogP contribution in [0.1, 0.15) is 5.56 Å². The molecule has 80 valence electrons. The van der Waals surface area contributed by atoms with Crippen LogP contribution in [-0.4, -0.2) is 19.3 Å². The van der Waals surface area contributed by atoms with Gasteiger partial charge in [0, 0.05) is 5.69 Å². The Bertz CT molecular complexity index is 503. The van der Waals surface area contributed by atoms with Crippen LogP contribution in [0.5, 0.6) is 5.75 Å². The van der Waals surface area contributed by atoms with Gasteiger partial charge in [-0.25, -0.2) is 8.42 Å². The van der Waals surface area contributed by atoms with Crippen LogP contribution in [0.2, 0.25) is 0 Å². The second kappa shape index (κ2) is 4.19. The molecule has 0 spiro atoms. The molecule has 0 saturated heterocycles. The molecule has 0 radical (unpaired) electrons. The molecule has 0 saturated carbocycles. The average molecular weight is 226 g/mol. The molecule has 2 N–H and O–H groups in total. The van der Waals surface area contributed by atoms with E-state index in [1.807, 2.05) is 0 Å². The largest absolute Gasteiger partial charge is 0.508 e. The molecule has 0 aliphatic heterocycles. The number of anilines is 1. The smallest absolute Gasteiger partial charge is 0.246 e. The van der Waals surface area contributed by atoms with E-state index in [2.05, 4.69) is 4.72 Å². The summed E-state index contributed by atoms with van der Waals surface area (Å²) in [7, 11) is -3.61. The Hall–Kier alpha value is -1.74. The summed E-state index contributed by atoms with van der Waals surface area (Å²) in [5.74, 6) is -0.495. The Morgan fingerprint density at radius 1 is 1.53 bits per heavy atom. The van der Waals surface area contributed by atoms with Crippen LogP contribution in [0.15, 0.2) is 18.2 Å². The predicted molar refractivity (Wildman–Crippen MR) is 55.9 cm³/mol. The highest BCUT2D eigenvalue weighted by molar-refractivity contribution is 7.92. The van der Waals surface area contributed by atoms with Crippen molar-refractivity contribution >= 4 is 15.7 Å². The summed E-state index contributed by atoms with van der Waals surface area (Å²) in [4.78, 5) is 0. The molecular formula is C9H10N2O3S. The first-order valence-corrected chi connectivity index (χ1v) is 5.77. The molecule has 15 heavy (non-hydrogen) atoms. The first-order chi connectivity index (χ1) is 6.94. The van der Waals surface area contributed by atoms with E-state index < -0.39 is 15.8 Å². The fraction of sp³-hybridized carbons (Fsp3) is 0.222. The molecule has 1 aromatic carbocycles. The van der Waals surface area contributed by atoms with Gasteiger partial charge in [0.15, 0.2) is 5.75 Å². The van der Waals surface area contributed by atoms with Crippen LogP contribution in [0, 0.1) is 18.3 Å². The molecule has 0 aliphatic rings. The Morgan fingerprint density at radius 3 is 2.73 bits per heavy atom. The normalized spacial score (nSPS) is 10.7. The monoisotopic (exact) mass is 226 g/mol. The SMILES string of the molecule is Cc1cc(NS(=O)(=O)CC#N)ccc1O. The lowest BCUT2D eigenvalue weighted by molar-refractivity contribution is 0.471. The Balaban J connectivity index is 2.92. The van der Waals surface area contributed by atoms with Crippen molar-refractivity contribution in [1.29, 1.82) is 5.26 Å². The second-order valence-corrected chi connectivity index (χ2v) is 4.74. The summed E-state index contributed by atoms with van der Waals surface area (Å²) in [6, 6.07) is 5.86. The van der Waals surface area contributed by atoms with Crippen LogP contribution in [0.3, 0.4) is 0 Å². The van der Waals surface area contributed by atoms with Gasteiger partial charge in [-0.2, -0.15) is 5.26 Å². The molecule has 0 aliphatic carbocycles. The molecule has 0 fully saturated rings. The van der Waals surface area contributed by atoms with Crippen LogP contribution in [-0.2, 0) is 10.0 Å². The number of nitrogens with one attached hydrogen (secondary N) is 1. The molecule has 0 aromatic heterocycles. The van der Waals surface area contributed by atoms with Crippen LogP contribution >= 0.6 is 0 Å². The Labute approximate surface area is 88.0 Å². The lowest BCUT2D eigenvalue weighted by Gasteiger charge is -2.06. The third-order valence-corrected chi connectivity index (χ3v) is 2.78. The van der Waals surface area contributed by atoms with E-state index in [-0.39, 0.29) is 5.75 Å². The van der Waals surface area contributed by atoms with Crippen molar-refractivity contribution in [1.82, 2.24) is 0 Å². The van der Waals surface area contributed by atoms with Gasteiger partial charge in [0.25, 0.3) is 0 Å². The third-order valence-electron chi connectivity index (χ3n) is 1.72. The number of phenolic OH excluding ortho intramolecular Hbond substituents is 1. The molecule has 0 bridgehead atoms. The highest BCUT2D eigenvalue weighted by Gasteiger charge is 2.09. The number of aryl methyl sites for hydroxylation is 1. The number of nitrogens with zero attached hydrogens (tertiary/aromatic N) is 1. The Kier molecular flexibility index (Phi) is 3.17.